The van der Waals surface area contributed by atoms with Gasteiger partial charge >= 0.3 is 0 Å². The number of benzene rings is 1. The first-order valence-corrected chi connectivity index (χ1v) is 9.71. The van der Waals surface area contributed by atoms with Gasteiger partial charge in [-0.25, -0.2) is 9.37 Å². The standard InChI is InChI=1S/C20H18BrFN6O/c1-11-8-15(17-12(2)25-27(3)19(17)23-11)20(29)24-18-16(21)10-28(26-18)9-13-4-6-14(22)7-5-13/h4-8,10H,9H2,1-3H3,(H,24,26,29). The number of halogens is 2. The van der Waals surface area contributed by atoms with Crippen molar-refractivity contribution in [2.45, 2.75) is 20.4 Å². The van der Waals surface area contributed by atoms with E-state index in [4.69, 9.17) is 0 Å². The lowest BCUT2D eigenvalue weighted by atomic mass is 10.1. The Morgan fingerprint density at radius 1 is 1.21 bits per heavy atom. The molecule has 9 heteroatoms. The lowest BCUT2D eigenvalue weighted by Gasteiger charge is -2.06. The van der Waals surface area contributed by atoms with E-state index in [0.29, 0.717) is 28.0 Å². The quantitative estimate of drug-likeness (QED) is 0.503. The fourth-order valence-electron chi connectivity index (χ4n) is 3.26. The SMILES string of the molecule is Cc1cc(C(=O)Nc2nn(Cc3ccc(F)cc3)cc2Br)c2c(C)nn(C)c2n1. The molecule has 0 atom stereocenters. The summed E-state index contributed by atoms with van der Waals surface area (Å²) in [5.41, 5.74) is 3.52. The smallest absolute Gasteiger partial charge is 0.257 e. The van der Waals surface area contributed by atoms with Crippen LogP contribution in [-0.4, -0.2) is 30.5 Å². The van der Waals surface area contributed by atoms with Crippen molar-refractivity contribution >= 4 is 38.7 Å². The molecule has 29 heavy (non-hydrogen) atoms. The van der Waals surface area contributed by atoms with Crippen molar-refractivity contribution in [1.29, 1.82) is 0 Å². The molecule has 0 saturated heterocycles. The van der Waals surface area contributed by atoms with Crippen molar-refractivity contribution in [2.24, 2.45) is 7.05 Å². The zero-order valence-corrected chi connectivity index (χ0v) is 17.7. The average Bonchev–Trinajstić information content (AvgIpc) is 3.15. The number of hydrogen-bond acceptors (Lipinski definition) is 4. The summed E-state index contributed by atoms with van der Waals surface area (Å²) >= 11 is 3.44. The van der Waals surface area contributed by atoms with Gasteiger partial charge in [0.1, 0.15) is 5.82 Å². The summed E-state index contributed by atoms with van der Waals surface area (Å²) in [6.45, 7) is 4.14. The summed E-state index contributed by atoms with van der Waals surface area (Å²) in [5, 5.41) is 12.4. The van der Waals surface area contributed by atoms with Gasteiger partial charge in [-0.2, -0.15) is 10.2 Å². The number of fused-ring (bicyclic) bond motifs is 1. The third-order valence-corrected chi connectivity index (χ3v) is 5.13. The predicted octanol–water partition coefficient (Wildman–Crippen LogP) is 3.98. The van der Waals surface area contributed by atoms with E-state index in [1.54, 1.807) is 40.8 Å². The summed E-state index contributed by atoms with van der Waals surface area (Å²) in [7, 11) is 1.80. The molecule has 4 rings (SSSR count). The van der Waals surface area contributed by atoms with E-state index in [2.05, 4.69) is 36.4 Å². The topological polar surface area (TPSA) is 77.6 Å². The van der Waals surface area contributed by atoms with E-state index in [1.807, 2.05) is 13.8 Å². The van der Waals surface area contributed by atoms with Crippen LogP contribution in [0.1, 0.15) is 27.3 Å². The van der Waals surface area contributed by atoms with E-state index in [9.17, 15) is 9.18 Å². The van der Waals surface area contributed by atoms with Crippen molar-refractivity contribution in [2.75, 3.05) is 5.32 Å². The Bertz CT molecular complexity index is 1230. The Labute approximate surface area is 174 Å². The first-order valence-electron chi connectivity index (χ1n) is 8.91. The molecule has 0 bridgehead atoms. The van der Waals surface area contributed by atoms with Crippen molar-refractivity contribution in [1.82, 2.24) is 24.5 Å². The van der Waals surface area contributed by atoms with Crippen molar-refractivity contribution in [3.05, 3.63) is 69.3 Å². The number of anilines is 1. The minimum Gasteiger partial charge on any atom is -0.304 e. The number of carbonyl (C=O) groups is 1. The van der Waals surface area contributed by atoms with Gasteiger partial charge in [-0.05, 0) is 53.5 Å². The highest BCUT2D eigenvalue weighted by molar-refractivity contribution is 9.10. The zero-order chi connectivity index (χ0) is 20.7. The predicted molar refractivity (Wildman–Crippen MR) is 111 cm³/mol. The molecule has 0 aliphatic carbocycles. The molecule has 3 heterocycles. The van der Waals surface area contributed by atoms with Gasteiger partial charge in [0.25, 0.3) is 5.91 Å². The minimum atomic E-state index is -0.288. The van der Waals surface area contributed by atoms with Crippen LogP contribution in [0.5, 0.6) is 0 Å². The first kappa shape index (κ1) is 19.3. The fraction of sp³-hybridized carbons (Fsp3) is 0.200. The molecule has 7 nitrogen and oxygen atoms in total. The molecule has 1 N–H and O–H groups in total. The highest BCUT2D eigenvalue weighted by Crippen LogP contribution is 2.25. The maximum atomic E-state index is 13.1. The first-order chi connectivity index (χ1) is 13.8. The van der Waals surface area contributed by atoms with Crippen LogP contribution >= 0.6 is 15.9 Å². The van der Waals surface area contributed by atoms with Crippen molar-refractivity contribution < 1.29 is 9.18 Å². The van der Waals surface area contributed by atoms with Crippen molar-refractivity contribution in [3.8, 4) is 0 Å². The Morgan fingerprint density at radius 3 is 2.66 bits per heavy atom. The van der Waals surface area contributed by atoms with Crippen LogP contribution in [0.25, 0.3) is 11.0 Å². The summed E-state index contributed by atoms with van der Waals surface area (Å²) in [5.74, 6) is -0.168. The van der Waals surface area contributed by atoms with E-state index in [0.717, 1.165) is 22.3 Å². The maximum Gasteiger partial charge on any atom is 0.257 e. The number of amides is 1. The molecule has 3 aromatic heterocycles. The Hall–Kier alpha value is -3.07. The Kier molecular flexibility index (Phi) is 4.91. The average molecular weight is 457 g/mol. The van der Waals surface area contributed by atoms with E-state index >= 15 is 0 Å². The highest BCUT2D eigenvalue weighted by atomic mass is 79.9. The molecule has 0 aliphatic heterocycles. The number of pyridine rings is 1. The van der Waals surface area contributed by atoms with Crippen LogP contribution in [0, 0.1) is 19.7 Å². The lowest BCUT2D eigenvalue weighted by molar-refractivity contribution is 0.102. The molecule has 148 valence electrons. The normalized spacial score (nSPS) is 11.2. The molecule has 0 radical (unpaired) electrons. The molecule has 0 saturated carbocycles. The number of aromatic nitrogens is 5. The van der Waals surface area contributed by atoms with E-state index < -0.39 is 0 Å². The van der Waals surface area contributed by atoms with Crippen LogP contribution in [-0.2, 0) is 13.6 Å². The number of carbonyl (C=O) groups excluding carboxylic acids is 1. The number of hydrogen-bond donors (Lipinski definition) is 1. The number of nitrogens with zero attached hydrogens (tertiary/aromatic N) is 5. The summed E-state index contributed by atoms with van der Waals surface area (Å²) in [4.78, 5) is 17.5. The van der Waals surface area contributed by atoms with Gasteiger partial charge in [0.15, 0.2) is 11.5 Å². The Morgan fingerprint density at radius 2 is 1.93 bits per heavy atom. The van der Waals surface area contributed by atoms with E-state index in [-0.39, 0.29) is 11.7 Å². The van der Waals surface area contributed by atoms with E-state index in [1.165, 1.54) is 12.1 Å². The summed E-state index contributed by atoms with van der Waals surface area (Å²) < 4.78 is 17.1. The molecule has 0 aliphatic rings. The second kappa shape index (κ2) is 7.40. The van der Waals surface area contributed by atoms with Gasteiger partial charge in [-0.3, -0.25) is 14.2 Å². The highest BCUT2D eigenvalue weighted by Gasteiger charge is 2.19. The molecule has 4 aromatic rings. The fourth-order valence-corrected chi connectivity index (χ4v) is 3.68. The van der Waals surface area contributed by atoms with Gasteiger partial charge < -0.3 is 5.32 Å². The third-order valence-electron chi connectivity index (χ3n) is 4.55. The number of aryl methyl sites for hydroxylation is 3. The largest absolute Gasteiger partial charge is 0.304 e. The zero-order valence-electron chi connectivity index (χ0n) is 16.1. The molecule has 1 aromatic carbocycles. The number of rotatable bonds is 4. The van der Waals surface area contributed by atoms with Crippen LogP contribution in [0.2, 0.25) is 0 Å². The summed E-state index contributed by atoms with van der Waals surface area (Å²) in [6, 6.07) is 7.96. The lowest BCUT2D eigenvalue weighted by Crippen LogP contribution is -2.14. The molecular formula is C20H18BrFN6O. The summed E-state index contributed by atoms with van der Waals surface area (Å²) in [6.07, 6.45) is 1.77. The molecule has 0 fully saturated rings. The Balaban J connectivity index is 1.62. The van der Waals surface area contributed by atoms with Gasteiger partial charge in [-0.15, -0.1) is 0 Å². The minimum absolute atomic E-state index is 0.284. The van der Waals surface area contributed by atoms with Crippen molar-refractivity contribution in [3.63, 3.8) is 0 Å². The second-order valence-corrected chi connectivity index (χ2v) is 7.68. The third kappa shape index (κ3) is 3.77. The monoisotopic (exact) mass is 456 g/mol. The van der Waals surface area contributed by atoms with Gasteiger partial charge in [0, 0.05) is 18.9 Å². The van der Waals surface area contributed by atoms with Crippen LogP contribution in [0.4, 0.5) is 10.2 Å². The van der Waals surface area contributed by atoms with Gasteiger partial charge in [0.05, 0.1) is 27.7 Å². The van der Waals surface area contributed by atoms with Gasteiger partial charge in [-0.1, -0.05) is 12.1 Å². The second-order valence-electron chi connectivity index (χ2n) is 6.82. The van der Waals surface area contributed by atoms with Crippen LogP contribution in [0.15, 0.2) is 41.0 Å². The molecule has 1 amide bonds. The maximum absolute atomic E-state index is 13.1. The van der Waals surface area contributed by atoms with Crippen LogP contribution in [0.3, 0.4) is 0 Å². The van der Waals surface area contributed by atoms with Crippen LogP contribution < -0.4 is 5.32 Å². The molecule has 0 spiro atoms. The molecular weight excluding hydrogens is 439 g/mol. The number of nitrogens with one attached hydrogen (secondary N) is 1. The molecule has 0 unspecified atom stereocenters. The van der Waals surface area contributed by atoms with Gasteiger partial charge in [0.2, 0.25) is 0 Å².